The number of amides is 1. The van der Waals surface area contributed by atoms with Crippen LogP contribution in [0.4, 0.5) is 0 Å². The van der Waals surface area contributed by atoms with E-state index < -0.39 is 0 Å². The Hall–Kier alpha value is -2.80. The first kappa shape index (κ1) is 19.0. The van der Waals surface area contributed by atoms with Crippen LogP contribution in [0.3, 0.4) is 0 Å². The first-order valence-corrected chi connectivity index (χ1v) is 9.27. The van der Waals surface area contributed by atoms with Gasteiger partial charge in [-0.2, -0.15) is 0 Å². The molecule has 7 heteroatoms. The van der Waals surface area contributed by atoms with Gasteiger partial charge in [-0.1, -0.05) is 28.1 Å². The molecule has 1 N–H and O–H groups in total. The Morgan fingerprint density at radius 3 is 2.89 bits per heavy atom. The number of hydrogen-bond donors (Lipinski definition) is 1. The average molecular weight is 431 g/mol. The zero-order chi connectivity index (χ0) is 19.1. The van der Waals surface area contributed by atoms with E-state index in [1.165, 1.54) is 0 Å². The smallest absolute Gasteiger partial charge is 0.287 e. The highest BCUT2D eigenvalue weighted by molar-refractivity contribution is 9.10. The van der Waals surface area contributed by atoms with Crippen molar-refractivity contribution in [1.29, 1.82) is 0 Å². The SMILES string of the molecule is CCOc1ncccc1CNC(=O)c1ccc(COc2cccc(Br)c2)o1. The van der Waals surface area contributed by atoms with Crippen LogP contribution in [-0.2, 0) is 13.2 Å². The number of carbonyl (C=O) groups is 1. The molecular weight excluding hydrogens is 412 g/mol. The van der Waals surface area contributed by atoms with E-state index in [1.54, 1.807) is 24.4 Å². The standard InChI is InChI=1S/C20H19BrN2O4/c1-2-25-20-14(5-4-10-22-20)12-23-19(24)18-9-8-17(27-18)13-26-16-7-3-6-15(21)11-16/h3-11H,2,12-13H2,1H3,(H,23,24). The van der Waals surface area contributed by atoms with Crippen LogP contribution < -0.4 is 14.8 Å². The number of benzene rings is 1. The maximum atomic E-state index is 12.3. The van der Waals surface area contributed by atoms with Crippen LogP contribution in [-0.4, -0.2) is 17.5 Å². The van der Waals surface area contributed by atoms with Crippen molar-refractivity contribution >= 4 is 21.8 Å². The number of ether oxygens (including phenoxy) is 2. The molecule has 0 aliphatic rings. The van der Waals surface area contributed by atoms with E-state index in [9.17, 15) is 4.79 Å². The fraction of sp³-hybridized carbons (Fsp3) is 0.200. The molecule has 0 saturated heterocycles. The van der Waals surface area contributed by atoms with Gasteiger partial charge in [0.1, 0.15) is 18.1 Å². The summed E-state index contributed by atoms with van der Waals surface area (Å²) in [5.74, 6) is 1.71. The second-order valence-corrected chi connectivity index (χ2v) is 6.51. The van der Waals surface area contributed by atoms with Crippen molar-refractivity contribution in [3.63, 3.8) is 0 Å². The zero-order valence-corrected chi connectivity index (χ0v) is 16.4. The monoisotopic (exact) mass is 430 g/mol. The van der Waals surface area contributed by atoms with E-state index >= 15 is 0 Å². The summed E-state index contributed by atoms with van der Waals surface area (Å²) in [5, 5.41) is 2.81. The van der Waals surface area contributed by atoms with Crippen molar-refractivity contribution in [3.8, 4) is 11.6 Å². The quantitative estimate of drug-likeness (QED) is 0.574. The third-order valence-electron chi connectivity index (χ3n) is 3.63. The van der Waals surface area contributed by atoms with Crippen molar-refractivity contribution in [2.75, 3.05) is 6.61 Å². The lowest BCUT2D eigenvalue weighted by Gasteiger charge is -2.09. The molecule has 2 aromatic heterocycles. The van der Waals surface area contributed by atoms with E-state index in [2.05, 4.69) is 26.2 Å². The van der Waals surface area contributed by atoms with E-state index in [-0.39, 0.29) is 18.3 Å². The second kappa shape index (κ2) is 9.23. The molecule has 2 heterocycles. The number of rotatable bonds is 8. The van der Waals surface area contributed by atoms with Crippen molar-refractivity contribution in [1.82, 2.24) is 10.3 Å². The topological polar surface area (TPSA) is 73.6 Å². The zero-order valence-electron chi connectivity index (χ0n) is 14.8. The summed E-state index contributed by atoms with van der Waals surface area (Å²) >= 11 is 3.39. The lowest BCUT2D eigenvalue weighted by molar-refractivity contribution is 0.0918. The molecule has 1 amide bonds. The number of halogens is 1. The van der Waals surface area contributed by atoms with Crippen molar-refractivity contribution < 1.29 is 18.7 Å². The van der Waals surface area contributed by atoms with Gasteiger partial charge in [0.15, 0.2) is 5.76 Å². The van der Waals surface area contributed by atoms with Crippen LogP contribution in [0.15, 0.2) is 63.6 Å². The summed E-state index contributed by atoms with van der Waals surface area (Å²) in [6.45, 7) is 2.93. The van der Waals surface area contributed by atoms with Gasteiger partial charge in [0.25, 0.3) is 5.91 Å². The van der Waals surface area contributed by atoms with E-state index in [0.717, 1.165) is 10.0 Å². The van der Waals surface area contributed by atoms with Gasteiger partial charge in [-0.05, 0) is 43.3 Å². The fourth-order valence-electron chi connectivity index (χ4n) is 2.38. The first-order chi connectivity index (χ1) is 13.2. The third kappa shape index (κ3) is 5.34. The number of nitrogens with one attached hydrogen (secondary N) is 1. The molecule has 0 spiro atoms. The maximum Gasteiger partial charge on any atom is 0.287 e. The van der Waals surface area contributed by atoms with E-state index in [0.29, 0.717) is 30.5 Å². The second-order valence-electron chi connectivity index (χ2n) is 5.60. The van der Waals surface area contributed by atoms with Gasteiger partial charge in [0.2, 0.25) is 5.88 Å². The van der Waals surface area contributed by atoms with Crippen molar-refractivity contribution in [2.24, 2.45) is 0 Å². The van der Waals surface area contributed by atoms with Gasteiger partial charge in [-0.25, -0.2) is 4.98 Å². The minimum Gasteiger partial charge on any atom is -0.486 e. The van der Waals surface area contributed by atoms with Crippen LogP contribution in [0.1, 0.15) is 28.8 Å². The highest BCUT2D eigenvalue weighted by atomic mass is 79.9. The lowest BCUT2D eigenvalue weighted by atomic mass is 10.2. The number of carbonyl (C=O) groups excluding carboxylic acids is 1. The minimum absolute atomic E-state index is 0.227. The molecule has 0 atom stereocenters. The minimum atomic E-state index is -0.310. The van der Waals surface area contributed by atoms with E-state index in [1.807, 2.05) is 37.3 Å². The Kier molecular flexibility index (Phi) is 6.49. The molecule has 0 saturated carbocycles. The Balaban J connectivity index is 1.55. The molecular formula is C20H19BrN2O4. The molecule has 0 unspecified atom stereocenters. The number of pyridine rings is 1. The van der Waals surface area contributed by atoms with Gasteiger partial charge in [0, 0.05) is 22.8 Å². The summed E-state index contributed by atoms with van der Waals surface area (Å²) in [6.07, 6.45) is 1.65. The van der Waals surface area contributed by atoms with Crippen LogP contribution in [0, 0.1) is 0 Å². The molecule has 3 rings (SSSR count). The average Bonchev–Trinajstić information content (AvgIpc) is 3.15. The van der Waals surface area contributed by atoms with Crippen LogP contribution >= 0.6 is 15.9 Å². The Morgan fingerprint density at radius 2 is 2.07 bits per heavy atom. The summed E-state index contributed by atoms with van der Waals surface area (Å²) in [6, 6.07) is 14.5. The predicted octanol–water partition coefficient (Wildman–Crippen LogP) is 4.34. The molecule has 27 heavy (non-hydrogen) atoms. The molecule has 3 aromatic rings. The summed E-state index contributed by atoms with van der Waals surface area (Å²) < 4.78 is 17.6. The Morgan fingerprint density at radius 1 is 1.19 bits per heavy atom. The molecule has 0 aliphatic heterocycles. The molecule has 0 aliphatic carbocycles. The molecule has 0 bridgehead atoms. The van der Waals surface area contributed by atoms with Gasteiger partial charge in [0.05, 0.1) is 6.61 Å². The lowest BCUT2D eigenvalue weighted by Crippen LogP contribution is -2.22. The predicted molar refractivity (Wildman–Crippen MR) is 104 cm³/mol. The highest BCUT2D eigenvalue weighted by Crippen LogP contribution is 2.20. The van der Waals surface area contributed by atoms with Crippen LogP contribution in [0.2, 0.25) is 0 Å². The molecule has 0 radical (unpaired) electrons. The number of aromatic nitrogens is 1. The largest absolute Gasteiger partial charge is 0.486 e. The van der Waals surface area contributed by atoms with Gasteiger partial charge in [-0.15, -0.1) is 0 Å². The van der Waals surface area contributed by atoms with Crippen molar-refractivity contribution in [3.05, 3.63) is 76.3 Å². The van der Waals surface area contributed by atoms with Gasteiger partial charge >= 0.3 is 0 Å². The third-order valence-corrected chi connectivity index (χ3v) is 4.13. The summed E-state index contributed by atoms with van der Waals surface area (Å²) in [5.41, 5.74) is 0.803. The maximum absolute atomic E-state index is 12.3. The van der Waals surface area contributed by atoms with Crippen LogP contribution in [0.25, 0.3) is 0 Å². The van der Waals surface area contributed by atoms with Gasteiger partial charge < -0.3 is 19.2 Å². The number of nitrogens with zero attached hydrogens (tertiary/aromatic N) is 1. The normalized spacial score (nSPS) is 10.4. The highest BCUT2D eigenvalue weighted by Gasteiger charge is 2.13. The Labute approximate surface area is 165 Å². The number of furan rings is 1. The fourth-order valence-corrected chi connectivity index (χ4v) is 2.75. The van der Waals surface area contributed by atoms with E-state index in [4.69, 9.17) is 13.9 Å². The van der Waals surface area contributed by atoms with Gasteiger partial charge in [-0.3, -0.25) is 4.79 Å². The molecule has 140 valence electrons. The molecule has 0 fully saturated rings. The molecule has 6 nitrogen and oxygen atoms in total. The first-order valence-electron chi connectivity index (χ1n) is 8.47. The van der Waals surface area contributed by atoms with Crippen LogP contribution in [0.5, 0.6) is 11.6 Å². The summed E-state index contributed by atoms with van der Waals surface area (Å²) in [7, 11) is 0. The number of hydrogen-bond acceptors (Lipinski definition) is 5. The Bertz CT molecular complexity index is 910. The summed E-state index contributed by atoms with van der Waals surface area (Å²) in [4.78, 5) is 16.5. The van der Waals surface area contributed by atoms with Crippen molar-refractivity contribution in [2.45, 2.75) is 20.1 Å². The molecule has 1 aromatic carbocycles.